The number of amides is 3. The predicted octanol–water partition coefficient (Wildman–Crippen LogP) is 1.67. The van der Waals surface area contributed by atoms with Crippen LogP contribution in [0.5, 0.6) is 0 Å². The minimum absolute atomic E-state index is 0.0168. The van der Waals surface area contributed by atoms with Crippen molar-refractivity contribution in [2.75, 3.05) is 0 Å². The normalized spacial score (nSPS) is 12.1. The topological polar surface area (TPSA) is 157 Å². The van der Waals surface area contributed by atoms with Gasteiger partial charge in [0.25, 0.3) is 0 Å². The van der Waals surface area contributed by atoms with Gasteiger partial charge in [-0.2, -0.15) is 4.79 Å². The van der Waals surface area contributed by atoms with Crippen LogP contribution in [0.1, 0.15) is 30.9 Å². The fourth-order valence-electron chi connectivity index (χ4n) is 3.84. The number of Topliss-reactive ketones (excluding diaryl/α,β-unsaturated/α-hetero) is 1. The van der Waals surface area contributed by atoms with Gasteiger partial charge in [0, 0.05) is 43.4 Å². The molecule has 3 rings (SSSR count). The van der Waals surface area contributed by atoms with Crippen LogP contribution in [0, 0.1) is 0 Å². The fourth-order valence-corrected chi connectivity index (χ4v) is 3.84. The first-order valence-corrected chi connectivity index (χ1v) is 11.5. The van der Waals surface area contributed by atoms with E-state index in [4.69, 9.17) is 5.53 Å². The van der Waals surface area contributed by atoms with Crippen LogP contribution in [0.4, 0.5) is 0 Å². The molecule has 1 heterocycles. The van der Waals surface area contributed by atoms with E-state index in [1.54, 1.807) is 6.20 Å². The second kappa shape index (κ2) is 12.8. The summed E-state index contributed by atoms with van der Waals surface area (Å²) >= 11 is 0. The van der Waals surface area contributed by atoms with Gasteiger partial charge in [-0.1, -0.05) is 48.5 Å². The standard InChI is InChI=1S/C26H28N6O4/c1-17(33)31-24(13-19-15-28-22-10-6-5-9-21(19)22)26(36)32-23(12-11-20(34)16-30-27)25(35)29-14-18-7-3-2-4-8-18/h2-10,15-16,23-24,28H,11-14H2,1H3,(H,29,35)(H,31,33)(H,32,36)/t23-,24-/m0/s1. The summed E-state index contributed by atoms with van der Waals surface area (Å²) in [6.45, 7) is 1.55. The molecule has 0 aliphatic rings. The van der Waals surface area contributed by atoms with E-state index in [9.17, 15) is 19.2 Å². The molecule has 0 radical (unpaired) electrons. The molecule has 10 heteroatoms. The van der Waals surface area contributed by atoms with Gasteiger partial charge in [-0.25, -0.2) is 0 Å². The maximum atomic E-state index is 13.2. The highest BCUT2D eigenvalue weighted by molar-refractivity contribution is 6.25. The number of aromatic nitrogens is 1. The summed E-state index contributed by atoms with van der Waals surface area (Å²) in [7, 11) is 0. The van der Waals surface area contributed by atoms with Crippen molar-refractivity contribution < 1.29 is 24.0 Å². The zero-order chi connectivity index (χ0) is 25.9. The predicted molar refractivity (Wildman–Crippen MR) is 134 cm³/mol. The number of para-hydroxylation sites is 1. The lowest BCUT2D eigenvalue weighted by Gasteiger charge is -2.22. The van der Waals surface area contributed by atoms with Gasteiger partial charge in [0.1, 0.15) is 12.1 Å². The van der Waals surface area contributed by atoms with Crippen molar-refractivity contribution in [3.8, 4) is 0 Å². The maximum Gasteiger partial charge on any atom is 0.323 e. The molecule has 1 aromatic heterocycles. The van der Waals surface area contributed by atoms with Crippen molar-refractivity contribution in [3.63, 3.8) is 0 Å². The van der Waals surface area contributed by atoms with Crippen molar-refractivity contribution in [2.24, 2.45) is 0 Å². The van der Waals surface area contributed by atoms with Gasteiger partial charge in [0.15, 0.2) is 0 Å². The van der Waals surface area contributed by atoms with Crippen molar-refractivity contribution in [2.45, 2.75) is 44.8 Å². The number of hydrogen-bond donors (Lipinski definition) is 4. The van der Waals surface area contributed by atoms with Crippen LogP contribution in [0.15, 0.2) is 60.8 Å². The smallest absolute Gasteiger partial charge is 0.323 e. The lowest BCUT2D eigenvalue weighted by Crippen LogP contribution is -2.54. The molecule has 0 spiro atoms. The van der Waals surface area contributed by atoms with E-state index in [0.717, 1.165) is 28.2 Å². The fraction of sp³-hybridized carbons (Fsp3) is 0.269. The molecule has 2 atom stereocenters. The molecule has 0 saturated heterocycles. The third-order valence-corrected chi connectivity index (χ3v) is 5.62. The highest BCUT2D eigenvalue weighted by Gasteiger charge is 2.27. The Balaban J connectivity index is 1.75. The van der Waals surface area contributed by atoms with Crippen molar-refractivity contribution in [1.82, 2.24) is 20.9 Å². The van der Waals surface area contributed by atoms with Gasteiger partial charge in [-0.15, -0.1) is 0 Å². The number of benzene rings is 2. The Hall–Kier alpha value is -4.56. The highest BCUT2D eigenvalue weighted by Crippen LogP contribution is 2.19. The van der Waals surface area contributed by atoms with E-state index < -0.39 is 35.6 Å². The zero-order valence-corrected chi connectivity index (χ0v) is 19.9. The molecule has 36 heavy (non-hydrogen) atoms. The summed E-state index contributed by atoms with van der Waals surface area (Å²) in [5, 5.41) is 9.03. The molecule has 0 aliphatic heterocycles. The van der Waals surface area contributed by atoms with Gasteiger partial charge >= 0.3 is 6.21 Å². The Morgan fingerprint density at radius 3 is 2.42 bits per heavy atom. The van der Waals surface area contributed by atoms with Crippen LogP contribution in [-0.4, -0.2) is 51.6 Å². The number of nitrogens with zero attached hydrogens (tertiary/aromatic N) is 2. The van der Waals surface area contributed by atoms with E-state index in [2.05, 4.69) is 25.7 Å². The molecule has 2 aromatic carbocycles. The monoisotopic (exact) mass is 488 g/mol. The van der Waals surface area contributed by atoms with E-state index in [1.165, 1.54) is 6.92 Å². The van der Waals surface area contributed by atoms with Crippen LogP contribution in [0.3, 0.4) is 0 Å². The first-order valence-electron chi connectivity index (χ1n) is 11.5. The molecule has 3 amide bonds. The molecule has 10 nitrogen and oxygen atoms in total. The molecule has 0 fully saturated rings. The Labute approximate surface area is 208 Å². The van der Waals surface area contributed by atoms with Crippen LogP contribution in [-0.2, 0) is 32.1 Å². The lowest BCUT2D eigenvalue weighted by molar-refractivity contribution is -0.132. The van der Waals surface area contributed by atoms with Gasteiger partial charge in [0.2, 0.25) is 23.5 Å². The molecular formula is C26H28N6O4. The second-order valence-electron chi connectivity index (χ2n) is 8.33. The van der Waals surface area contributed by atoms with Crippen LogP contribution in [0.2, 0.25) is 0 Å². The van der Waals surface area contributed by atoms with Crippen LogP contribution in [0.25, 0.3) is 16.4 Å². The third-order valence-electron chi connectivity index (χ3n) is 5.62. The van der Waals surface area contributed by atoms with E-state index >= 15 is 0 Å². The molecule has 4 N–H and O–H groups in total. The highest BCUT2D eigenvalue weighted by atomic mass is 16.2. The Bertz CT molecular complexity index is 1280. The number of nitrogens with one attached hydrogen (secondary N) is 4. The molecule has 0 unspecified atom stereocenters. The molecular weight excluding hydrogens is 460 g/mol. The molecule has 0 bridgehead atoms. The summed E-state index contributed by atoms with van der Waals surface area (Å²) in [6, 6.07) is 14.9. The van der Waals surface area contributed by atoms with Gasteiger partial charge in [-0.3, -0.25) is 19.2 Å². The number of carbonyl (C=O) groups excluding carboxylic acids is 4. The summed E-state index contributed by atoms with van der Waals surface area (Å²) in [5.74, 6) is -1.92. The summed E-state index contributed by atoms with van der Waals surface area (Å²) in [5.41, 5.74) is 11.2. The Kier molecular flexibility index (Phi) is 9.25. The molecule has 3 aromatic rings. The summed E-state index contributed by atoms with van der Waals surface area (Å²) < 4.78 is 0. The number of H-pyrrole nitrogens is 1. The SMILES string of the molecule is CC(=O)N[C@@H](Cc1c[nH]c2ccccc12)C(=O)N[C@@H](CCC(=O)C=[N+]=[N-])C(=O)NCc1ccccc1. The zero-order valence-electron chi connectivity index (χ0n) is 19.9. The average molecular weight is 489 g/mol. The first kappa shape index (κ1) is 26.1. The van der Waals surface area contributed by atoms with Crippen molar-refractivity contribution in [3.05, 3.63) is 77.5 Å². The van der Waals surface area contributed by atoms with E-state index in [-0.39, 0.29) is 25.8 Å². The van der Waals surface area contributed by atoms with Gasteiger partial charge < -0.3 is 26.5 Å². The van der Waals surface area contributed by atoms with Crippen molar-refractivity contribution >= 4 is 40.6 Å². The van der Waals surface area contributed by atoms with E-state index in [1.807, 2.05) is 54.6 Å². The number of hydrogen-bond acceptors (Lipinski definition) is 4. The Morgan fingerprint density at radius 1 is 0.972 bits per heavy atom. The summed E-state index contributed by atoms with van der Waals surface area (Å²) in [6.07, 6.45) is 2.59. The molecule has 0 saturated carbocycles. The number of rotatable bonds is 12. The largest absolute Gasteiger partial charge is 0.361 e. The van der Waals surface area contributed by atoms with E-state index in [0.29, 0.717) is 0 Å². The van der Waals surface area contributed by atoms with Crippen molar-refractivity contribution in [1.29, 1.82) is 0 Å². The minimum Gasteiger partial charge on any atom is -0.361 e. The number of aromatic amines is 1. The molecule has 186 valence electrons. The second-order valence-corrected chi connectivity index (χ2v) is 8.33. The van der Waals surface area contributed by atoms with Crippen LogP contribution < -0.4 is 16.0 Å². The first-order chi connectivity index (χ1) is 17.4. The lowest BCUT2D eigenvalue weighted by atomic mass is 10.0. The average Bonchev–Trinajstić information content (AvgIpc) is 3.28. The Morgan fingerprint density at radius 2 is 1.69 bits per heavy atom. The molecule has 0 aliphatic carbocycles. The minimum atomic E-state index is -1.04. The van der Waals surface area contributed by atoms with Gasteiger partial charge in [0.05, 0.1) is 0 Å². The number of ketones is 1. The van der Waals surface area contributed by atoms with Crippen LogP contribution >= 0.6 is 0 Å². The summed E-state index contributed by atoms with van der Waals surface area (Å²) in [4.78, 5) is 55.7. The maximum absolute atomic E-state index is 13.2. The third kappa shape index (κ3) is 7.48. The van der Waals surface area contributed by atoms with Gasteiger partial charge in [-0.05, 0) is 23.6 Å². The number of carbonyl (C=O) groups is 4. The number of fused-ring (bicyclic) bond motifs is 1. The quantitative estimate of drug-likeness (QED) is 0.174.